The molecule has 2 aromatic carbocycles. The van der Waals surface area contributed by atoms with Crippen LogP contribution in [0.3, 0.4) is 0 Å². The van der Waals surface area contributed by atoms with Crippen molar-refractivity contribution in [1.29, 1.82) is 0 Å². The first-order valence-electron chi connectivity index (χ1n) is 17.5. The second kappa shape index (κ2) is 13.5. The van der Waals surface area contributed by atoms with Crippen molar-refractivity contribution in [2.45, 2.75) is 124 Å². The third-order valence-corrected chi connectivity index (χ3v) is 11.3. The lowest BCUT2D eigenvalue weighted by Crippen LogP contribution is -2.40. The van der Waals surface area contributed by atoms with Crippen molar-refractivity contribution < 1.29 is 0 Å². The van der Waals surface area contributed by atoms with E-state index in [1.54, 1.807) is 11.1 Å². The van der Waals surface area contributed by atoms with Gasteiger partial charge in [-0.05, 0) is 104 Å². The molecule has 0 spiro atoms. The van der Waals surface area contributed by atoms with Crippen LogP contribution >= 0.6 is 0 Å². The number of aromatic nitrogens is 2. The number of aryl methyl sites for hydroxylation is 3. The molecule has 0 amide bonds. The largest absolute Gasteiger partial charge is 0.337 e. The summed E-state index contributed by atoms with van der Waals surface area (Å²) in [4.78, 5) is 15.4. The lowest BCUT2D eigenvalue weighted by Gasteiger charge is -2.38. The van der Waals surface area contributed by atoms with Crippen LogP contribution in [0.25, 0.3) is 11.3 Å². The fourth-order valence-electron chi connectivity index (χ4n) is 8.91. The summed E-state index contributed by atoms with van der Waals surface area (Å²) >= 11 is 0. The minimum Gasteiger partial charge on any atom is -0.337 e. The average molecular weight is 579 g/mol. The van der Waals surface area contributed by atoms with Crippen molar-refractivity contribution in [3.63, 3.8) is 0 Å². The normalized spacial score (nSPS) is 23.1. The summed E-state index contributed by atoms with van der Waals surface area (Å²) in [5.74, 6) is 2.37. The van der Waals surface area contributed by atoms with E-state index in [9.17, 15) is 0 Å². The predicted molar refractivity (Wildman–Crippen MR) is 181 cm³/mol. The van der Waals surface area contributed by atoms with Gasteiger partial charge in [-0.3, -0.25) is 4.90 Å². The van der Waals surface area contributed by atoms with Crippen LogP contribution in [0.2, 0.25) is 0 Å². The fourth-order valence-corrected chi connectivity index (χ4v) is 8.91. The van der Waals surface area contributed by atoms with Crippen molar-refractivity contribution in [1.82, 2.24) is 14.9 Å². The molecule has 2 fully saturated rings. The molecule has 1 saturated heterocycles. The summed E-state index contributed by atoms with van der Waals surface area (Å²) in [5.41, 5.74) is 11.3. The summed E-state index contributed by atoms with van der Waals surface area (Å²) in [6.45, 7) is 15.1. The molecule has 0 N–H and O–H groups in total. The van der Waals surface area contributed by atoms with Gasteiger partial charge in [-0.2, -0.15) is 0 Å². The highest BCUT2D eigenvalue weighted by Crippen LogP contribution is 2.38. The Morgan fingerprint density at radius 1 is 0.884 bits per heavy atom. The first-order valence-corrected chi connectivity index (χ1v) is 17.5. The van der Waals surface area contributed by atoms with Crippen molar-refractivity contribution in [3.8, 4) is 11.3 Å². The predicted octanol–water partition coefficient (Wildman–Crippen LogP) is 8.89. The second-order valence-electron chi connectivity index (χ2n) is 13.8. The van der Waals surface area contributed by atoms with E-state index in [4.69, 9.17) is 9.97 Å². The van der Waals surface area contributed by atoms with Gasteiger partial charge in [0.1, 0.15) is 0 Å². The number of benzene rings is 2. The molecule has 0 radical (unpaired) electrons. The molecule has 3 aliphatic rings. The highest BCUT2D eigenvalue weighted by atomic mass is 15.3. The van der Waals surface area contributed by atoms with E-state index in [2.05, 4.69) is 80.8 Å². The minimum absolute atomic E-state index is 0.532. The monoisotopic (exact) mass is 578 g/mol. The molecule has 1 aromatic heterocycles. The number of nitrogens with zero attached hydrogens (tertiary/aromatic N) is 4. The molecule has 3 aromatic rings. The van der Waals surface area contributed by atoms with Crippen molar-refractivity contribution in [2.24, 2.45) is 11.8 Å². The van der Waals surface area contributed by atoms with Crippen LogP contribution in [0.5, 0.6) is 0 Å². The van der Waals surface area contributed by atoms with Gasteiger partial charge in [0, 0.05) is 43.5 Å². The molecule has 6 rings (SSSR count). The highest BCUT2D eigenvalue weighted by Gasteiger charge is 2.39. The molecule has 3 heterocycles. The Morgan fingerprint density at radius 3 is 2.49 bits per heavy atom. The zero-order chi connectivity index (χ0) is 29.9. The van der Waals surface area contributed by atoms with E-state index < -0.39 is 0 Å². The third kappa shape index (κ3) is 6.27. The van der Waals surface area contributed by atoms with E-state index >= 15 is 0 Å². The Bertz CT molecular complexity index is 1390. The minimum atomic E-state index is 0.532. The molecule has 4 heteroatoms. The van der Waals surface area contributed by atoms with Gasteiger partial charge in [0.05, 0.1) is 5.69 Å². The van der Waals surface area contributed by atoms with Crippen LogP contribution in [-0.2, 0) is 25.8 Å². The lowest BCUT2D eigenvalue weighted by atomic mass is 9.86. The number of hydrogen-bond donors (Lipinski definition) is 0. The third-order valence-electron chi connectivity index (χ3n) is 11.3. The highest BCUT2D eigenvalue weighted by molar-refractivity contribution is 5.66. The van der Waals surface area contributed by atoms with Gasteiger partial charge in [0.15, 0.2) is 0 Å². The Morgan fingerprint density at radius 2 is 1.72 bits per heavy atom. The molecule has 1 saturated carbocycles. The standard InChI is InChI=1S/C39H54N4/c1-6-30-25-43(38(8-3)33(30)7-2)39-40-21-19-37(41-39)35-16-12-13-27(4)34(35)18-17-29-23-28(5)36-26-42(22-20-31(36)24-29)32-14-10-9-11-15-32/h12-13,16,19,21,23-24,30,32-33,38H,6-11,14-15,17-18,20,22,25-26H2,1-5H3. The zero-order valence-electron chi connectivity index (χ0n) is 27.5. The summed E-state index contributed by atoms with van der Waals surface area (Å²) in [7, 11) is 0. The van der Waals surface area contributed by atoms with Gasteiger partial charge in [-0.25, -0.2) is 9.97 Å². The molecule has 3 unspecified atom stereocenters. The maximum absolute atomic E-state index is 5.24. The summed E-state index contributed by atoms with van der Waals surface area (Å²) < 4.78 is 0. The van der Waals surface area contributed by atoms with Gasteiger partial charge in [0.25, 0.3) is 0 Å². The molecule has 4 nitrogen and oxygen atoms in total. The average Bonchev–Trinajstić information content (AvgIpc) is 3.42. The zero-order valence-corrected chi connectivity index (χ0v) is 27.5. The molecular weight excluding hydrogens is 524 g/mol. The lowest BCUT2D eigenvalue weighted by molar-refractivity contribution is 0.141. The van der Waals surface area contributed by atoms with Crippen LogP contribution in [-0.4, -0.2) is 40.0 Å². The van der Waals surface area contributed by atoms with E-state index in [0.717, 1.165) is 61.9 Å². The maximum atomic E-state index is 5.24. The Hall–Kier alpha value is -2.72. The topological polar surface area (TPSA) is 32.3 Å². The van der Waals surface area contributed by atoms with Gasteiger partial charge in [-0.1, -0.05) is 83.2 Å². The van der Waals surface area contributed by atoms with E-state index in [0.29, 0.717) is 6.04 Å². The van der Waals surface area contributed by atoms with Gasteiger partial charge in [0.2, 0.25) is 5.95 Å². The number of anilines is 1. The van der Waals surface area contributed by atoms with E-state index in [1.807, 2.05) is 6.20 Å². The smallest absolute Gasteiger partial charge is 0.226 e. The van der Waals surface area contributed by atoms with Crippen LogP contribution < -0.4 is 4.90 Å². The molecule has 3 atom stereocenters. The summed E-state index contributed by atoms with van der Waals surface area (Å²) in [6.07, 6.45) is 16.0. The molecule has 43 heavy (non-hydrogen) atoms. The van der Waals surface area contributed by atoms with Crippen LogP contribution in [0, 0.1) is 25.7 Å². The Labute approximate surface area is 261 Å². The molecule has 2 aliphatic heterocycles. The Balaban J connectivity index is 1.21. The van der Waals surface area contributed by atoms with Crippen molar-refractivity contribution in [3.05, 3.63) is 76.0 Å². The summed E-state index contributed by atoms with van der Waals surface area (Å²) in [6, 6.07) is 15.2. The quantitative estimate of drug-likeness (QED) is 0.254. The van der Waals surface area contributed by atoms with E-state index in [-0.39, 0.29) is 0 Å². The van der Waals surface area contributed by atoms with Crippen LogP contribution in [0.1, 0.15) is 106 Å². The van der Waals surface area contributed by atoms with E-state index in [1.165, 1.54) is 85.7 Å². The molecular formula is C39H54N4. The second-order valence-corrected chi connectivity index (χ2v) is 13.8. The molecule has 1 aliphatic carbocycles. The maximum Gasteiger partial charge on any atom is 0.226 e. The molecule has 230 valence electrons. The SMILES string of the molecule is CCC1CN(c2nccc(-c3cccc(C)c3CCc3cc(C)c4c(c3)CCN(C3CCCCC3)C4)n2)C(CC)C1CC. The van der Waals surface area contributed by atoms with Gasteiger partial charge in [-0.15, -0.1) is 0 Å². The van der Waals surface area contributed by atoms with Gasteiger partial charge < -0.3 is 4.90 Å². The van der Waals surface area contributed by atoms with Crippen molar-refractivity contribution in [2.75, 3.05) is 18.0 Å². The number of rotatable bonds is 9. The van der Waals surface area contributed by atoms with Crippen molar-refractivity contribution >= 4 is 5.95 Å². The summed E-state index contributed by atoms with van der Waals surface area (Å²) in [5, 5.41) is 0. The molecule has 0 bridgehead atoms. The van der Waals surface area contributed by atoms with Gasteiger partial charge >= 0.3 is 0 Å². The van der Waals surface area contributed by atoms with Crippen LogP contribution in [0.15, 0.2) is 42.6 Å². The first kappa shape index (κ1) is 30.3. The Kier molecular flexibility index (Phi) is 9.52. The first-order chi connectivity index (χ1) is 21.0. The fraction of sp³-hybridized carbons (Fsp3) is 0.590. The number of fused-ring (bicyclic) bond motifs is 1. The van der Waals surface area contributed by atoms with Crippen LogP contribution in [0.4, 0.5) is 5.95 Å². The number of hydrogen-bond acceptors (Lipinski definition) is 4.